The molecular formula is C20H28N2O5. The zero-order chi connectivity index (χ0) is 19.1. The fraction of sp³-hybridized carbons (Fsp3) is 0.600. The van der Waals surface area contributed by atoms with E-state index in [-0.39, 0.29) is 30.6 Å². The summed E-state index contributed by atoms with van der Waals surface area (Å²) < 4.78 is 16.3. The van der Waals surface area contributed by atoms with Crippen LogP contribution in [0.5, 0.6) is 5.75 Å². The lowest BCUT2D eigenvalue weighted by Gasteiger charge is -2.31. The largest absolute Gasteiger partial charge is 0.484 e. The second kappa shape index (κ2) is 9.71. The van der Waals surface area contributed by atoms with Crippen LogP contribution < -0.4 is 10.1 Å². The van der Waals surface area contributed by atoms with Crippen LogP contribution in [0.15, 0.2) is 24.3 Å². The number of nitrogens with zero attached hydrogens (tertiary/aromatic N) is 1. The maximum absolute atomic E-state index is 12.4. The van der Waals surface area contributed by atoms with Crippen molar-refractivity contribution in [2.24, 2.45) is 0 Å². The highest BCUT2D eigenvalue weighted by molar-refractivity contribution is 5.94. The summed E-state index contributed by atoms with van der Waals surface area (Å²) in [4.78, 5) is 26.4. The number of nitrogens with one attached hydrogen (secondary N) is 1. The molecule has 2 atom stereocenters. The van der Waals surface area contributed by atoms with E-state index in [2.05, 4.69) is 5.32 Å². The second-order valence-electron chi connectivity index (χ2n) is 6.97. The Hall–Kier alpha value is -2.12. The van der Waals surface area contributed by atoms with Crippen LogP contribution in [0, 0.1) is 0 Å². The van der Waals surface area contributed by atoms with Crippen molar-refractivity contribution in [1.29, 1.82) is 0 Å². The molecule has 1 N–H and O–H groups in total. The van der Waals surface area contributed by atoms with Gasteiger partial charge in [-0.2, -0.15) is 0 Å². The molecule has 2 fully saturated rings. The number of carbonyl (C=O) groups is 2. The van der Waals surface area contributed by atoms with E-state index >= 15 is 0 Å². The summed E-state index contributed by atoms with van der Waals surface area (Å²) >= 11 is 0. The number of benzene rings is 1. The Morgan fingerprint density at radius 2 is 1.93 bits per heavy atom. The molecule has 1 aromatic carbocycles. The molecule has 7 nitrogen and oxygen atoms in total. The fourth-order valence-corrected chi connectivity index (χ4v) is 3.44. The van der Waals surface area contributed by atoms with Crippen LogP contribution in [0.3, 0.4) is 0 Å². The van der Waals surface area contributed by atoms with E-state index in [4.69, 9.17) is 14.2 Å². The molecule has 0 spiro atoms. The third-order valence-corrected chi connectivity index (χ3v) is 5.11. The van der Waals surface area contributed by atoms with Crippen LogP contribution in [-0.2, 0) is 14.3 Å². The zero-order valence-electron chi connectivity index (χ0n) is 15.8. The van der Waals surface area contributed by atoms with E-state index in [0.29, 0.717) is 24.5 Å². The van der Waals surface area contributed by atoms with Crippen LogP contribution in [0.25, 0.3) is 0 Å². The Morgan fingerprint density at radius 1 is 1.19 bits per heavy atom. The van der Waals surface area contributed by atoms with Crippen LogP contribution in [-0.4, -0.2) is 68.9 Å². The first-order valence-corrected chi connectivity index (χ1v) is 9.59. The molecule has 0 radical (unpaired) electrons. The number of hydrogen-bond acceptors (Lipinski definition) is 5. The molecule has 2 aliphatic heterocycles. The second-order valence-corrected chi connectivity index (χ2v) is 6.97. The van der Waals surface area contributed by atoms with E-state index in [9.17, 15) is 9.59 Å². The number of likely N-dealkylation sites (tertiary alicyclic amines) is 1. The molecular weight excluding hydrogens is 348 g/mol. The number of hydrogen-bond donors (Lipinski definition) is 1. The lowest BCUT2D eigenvalue weighted by Crippen LogP contribution is -2.49. The van der Waals surface area contributed by atoms with Gasteiger partial charge in [-0.3, -0.25) is 9.59 Å². The van der Waals surface area contributed by atoms with Gasteiger partial charge in [0.05, 0.1) is 12.6 Å². The smallest absolute Gasteiger partial charge is 0.260 e. The minimum atomic E-state index is -0.153. The molecule has 0 unspecified atom stereocenters. The van der Waals surface area contributed by atoms with Gasteiger partial charge in [0.2, 0.25) is 0 Å². The average Bonchev–Trinajstić information content (AvgIpc) is 2.73. The predicted molar refractivity (Wildman–Crippen MR) is 99.9 cm³/mol. The van der Waals surface area contributed by atoms with E-state index in [1.165, 1.54) is 6.42 Å². The topological polar surface area (TPSA) is 77.1 Å². The molecule has 2 amide bonds. The van der Waals surface area contributed by atoms with E-state index < -0.39 is 0 Å². The van der Waals surface area contributed by atoms with Crippen molar-refractivity contribution < 1.29 is 23.8 Å². The van der Waals surface area contributed by atoms with Gasteiger partial charge in [-0.15, -0.1) is 0 Å². The molecule has 0 aliphatic carbocycles. The number of rotatable bonds is 6. The lowest BCUT2D eigenvalue weighted by atomic mass is 10.1. The van der Waals surface area contributed by atoms with Gasteiger partial charge in [0.15, 0.2) is 6.61 Å². The standard InChI is InChI=1S/C20H28N2O5/c1-25-18-13-26-12-9-17(18)21-20(24)15-5-7-16(8-6-15)27-14-19(23)22-10-3-2-4-11-22/h5-8,17-18H,2-4,9-14H2,1H3,(H,21,24)/t17-,18-/m1/s1. The molecule has 148 valence electrons. The SMILES string of the molecule is CO[C@@H]1COCC[C@H]1NC(=O)c1ccc(OCC(=O)N2CCCCC2)cc1. The summed E-state index contributed by atoms with van der Waals surface area (Å²) in [5, 5.41) is 3.00. The van der Waals surface area contributed by atoms with Crippen molar-refractivity contribution in [2.45, 2.75) is 37.8 Å². The number of carbonyl (C=O) groups excluding carboxylic acids is 2. The Kier molecular flexibility index (Phi) is 7.06. The van der Waals surface area contributed by atoms with Gasteiger partial charge in [-0.25, -0.2) is 0 Å². The predicted octanol–water partition coefficient (Wildman–Crippen LogP) is 1.61. The molecule has 0 aromatic heterocycles. The van der Waals surface area contributed by atoms with E-state index in [0.717, 1.165) is 32.4 Å². The minimum absolute atomic E-state index is 0.0154. The number of amides is 2. The Balaban J connectivity index is 1.49. The highest BCUT2D eigenvalue weighted by atomic mass is 16.5. The molecule has 2 saturated heterocycles. The summed E-state index contributed by atoms with van der Waals surface area (Å²) in [6, 6.07) is 6.79. The van der Waals surface area contributed by atoms with Crippen LogP contribution >= 0.6 is 0 Å². The summed E-state index contributed by atoms with van der Waals surface area (Å²) in [6.45, 7) is 2.76. The quantitative estimate of drug-likeness (QED) is 0.816. The van der Waals surface area contributed by atoms with Crippen molar-refractivity contribution in [3.05, 3.63) is 29.8 Å². The fourth-order valence-electron chi connectivity index (χ4n) is 3.44. The summed E-state index contributed by atoms with van der Waals surface area (Å²) in [5.74, 6) is 0.444. The van der Waals surface area contributed by atoms with Gasteiger partial charge < -0.3 is 24.4 Å². The molecule has 1 aromatic rings. The average molecular weight is 376 g/mol. The van der Waals surface area contributed by atoms with Crippen LogP contribution in [0.2, 0.25) is 0 Å². The molecule has 3 rings (SSSR count). The van der Waals surface area contributed by atoms with Crippen LogP contribution in [0.4, 0.5) is 0 Å². The van der Waals surface area contributed by atoms with Crippen molar-refractivity contribution in [3.63, 3.8) is 0 Å². The van der Waals surface area contributed by atoms with Gasteiger partial charge in [0.25, 0.3) is 11.8 Å². The summed E-state index contributed by atoms with van der Waals surface area (Å²) in [7, 11) is 1.62. The monoisotopic (exact) mass is 376 g/mol. The summed E-state index contributed by atoms with van der Waals surface area (Å²) in [6.07, 6.45) is 3.90. The molecule has 0 saturated carbocycles. The first-order valence-electron chi connectivity index (χ1n) is 9.59. The molecule has 0 bridgehead atoms. The third kappa shape index (κ3) is 5.43. The number of ether oxygens (including phenoxy) is 3. The van der Waals surface area contributed by atoms with Gasteiger partial charge in [-0.05, 0) is 49.9 Å². The van der Waals surface area contributed by atoms with Gasteiger partial charge in [0.1, 0.15) is 11.9 Å². The van der Waals surface area contributed by atoms with Crippen molar-refractivity contribution in [1.82, 2.24) is 10.2 Å². The maximum Gasteiger partial charge on any atom is 0.260 e. The highest BCUT2D eigenvalue weighted by Gasteiger charge is 2.27. The van der Waals surface area contributed by atoms with E-state index in [1.807, 2.05) is 4.90 Å². The molecule has 2 heterocycles. The number of methoxy groups -OCH3 is 1. The molecule has 7 heteroatoms. The lowest BCUT2D eigenvalue weighted by molar-refractivity contribution is -0.134. The Labute approximate surface area is 160 Å². The Morgan fingerprint density at radius 3 is 2.63 bits per heavy atom. The van der Waals surface area contributed by atoms with E-state index in [1.54, 1.807) is 31.4 Å². The van der Waals surface area contributed by atoms with Crippen molar-refractivity contribution in [3.8, 4) is 5.75 Å². The van der Waals surface area contributed by atoms with Crippen molar-refractivity contribution >= 4 is 11.8 Å². The highest BCUT2D eigenvalue weighted by Crippen LogP contribution is 2.15. The van der Waals surface area contributed by atoms with Gasteiger partial charge >= 0.3 is 0 Å². The maximum atomic E-state index is 12.4. The summed E-state index contributed by atoms with van der Waals surface area (Å²) in [5.41, 5.74) is 0.547. The molecule has 27 heavy (non-hydrogen) atoms. The van der Waals surface area contributed by atoms with Gasteiger partial charge in [0, 0.05) is 32.4 Å². The van der Waals surface area contributed by atoms with Crippen LogP contribution in [0.1, 0.15) is 36.0 Å². The molecule has 2 aliphatic rings. The van der Waals surface area contributed by atoms with Crippen molar-refractivity contribution in [2.75, 3.05) is 40.0 Å². The third-order valence-electron chi connectivity index (χ3n) is 5.11. The first kappa shape index (κ1) is 19.6. The number of piperidine rings is 1. The first-order chi connectivity index (χ1) is 13.2. The minimum Gasteiger partial charge on any atom is -0.484 e. The normalized spacial score (nSPS) is 22.9. The van der Waals surface area contributed by atoms with Gasteiger partial charge in [-0.1, -0.05) is 0 Å². The Bertz CT molecular complexity index is 628. The zero-order valence-corrected chi connectivity index (χ0v) is 15.8.